The summed E-state index contributed by atoms with van der Waals surface area (Å²) in [5.74, 6) is 0.579. The van der Waals surface area contributed by atoms with E-state index < -0.39 is 0 Å². The van der Waals surface area contributed by atoms with Crippen molar-refractivity contribution in [3.05, 3.63) is 34.7 Å². The molecule has 2 aromatic heterocycles. The Balaban J connectivity index is 1.66. The normalized spacial score (nSPS) is 21.7. The van der Waals surface area contributed by atoms with Crippen LogP contribution in [0, 0.1) is 0 Å². The van der Waals surface area contributed by atoms with E-state index >= 15 is 0 Å². The van der Waals surface area contributed by atoms with Crippen LogP contribution in [-0.2, 0) is 4.74 Å². The van der Waals surface area contributed by atoms with E-state index in [9.17, 15) is 4.79 Å². The minimum Gasteiger partial charge on any atom is -0.367 e. The van der Waals surface area contributed by atoms with Crippen LogP contribution in [0.4, 0.5) is 10.6 Å². The highest BCUT2D eigenvalue weighted by atomic mass is 32.1. The molecule has 3 rings (SSSR count). The second kappa shape index (κ2) is 6.72. The Morgan fingerprint density at radius 2 is 2.26 bits per heavy atom. The van der Waals surface area contributed by atoms with Crippen molar-refractivity contribution in [1.82, 2.24) is 14.7 Å². The maximum Gasteiger partial charge on any atom is 0.323 e. The number of anilines is 1. The highest BCUT2D eigenvalue weighted by Crippen LogP contribution is 2.27. The summed E-state index contributed by atoms with van der Waals surface area (Å²) in [6.45, 7) is 7.23. The van der Waals surface area contributed by atoms with Crippen molar-refractivity contribution in [3.8, 4) is 0 Å². The number of amides is 2. The van der Waals surface area contributed by atoms with Gasteiger partial charge in [-0.2, -0.15) is 16.4 Å². The van der Waals surface area contributed by atoms with Gasteiger partial charge in [-0.15, -0.1) is 0 Å². The molecule has 2 amide bonds. The van der Waals surface area contributed by atoms with Crippen molar-refractivity contribution < 1.29 is 9.53 Å². The first-order chi connectivity index (χ1) is 11.0. The van der Waals surface area contributed by atoms with Crippen LogP contribution >= 0.6 is 11.3 Å². The Bertz CT molecular complexity index is 653. The van der Waals surface area contributed by atoms with E-state index in [-0.39, 0.29) is 24.3 Å². The Kier molecular flexibility index (Phi) is 4.68. The second-order valence-electron chi connectivity index (χ2n) is 6.10. The number of rotatable bonds is 3. The molecule has 0 spiro atoms. The molecule has 0 saturated carbocycles. The average molecular weight is 334 g/mol. The van der Waals surface area contributed by atoms with Crippen LogP contribution in [0.15, 0.2) is 29.1 Å². The number of nitrogens with zero attached hydrogens (tertiary/aromatic N) is 3. The number of ether oxygens (including phenoxy) is 1. The Hall–Kier alpha value is -1.86. The molecule has 1 fully saturated rings. The van der Waals surface area contributed by atoms with Gasteiger partial charge in [0.1, 0.15) is 6.10 Å². The lowest BCUT2D eigenvalue weighted by atomic mass is 10.1. The van der Waals surface area contributed by atoms with Crippen LogP contribution in [0.1, 0.15) is 38.5 Å². The first-order valence-electron chi connectivity index (χ1n) is 7.81. The molecular weight excluding hydrogens is 312 g/mol. The summed E-state index contributed by atoms with van der Waals surface area (Å²) in [6.07, 6.45) is 1.81. The van der Waals surface area contributed by atoms with Gasteiger partial charge in [-0.1, -0.05) is 0 Å². The zero-order valence-electron chi connectivity index (χ0n) is 13.6. The van der Waals surface area contributed by atoms with Crippen LogP contribution in [0.2, 0.25) is 0 Å². The molecule has 7 heteroatoms. The highest BCUT2D eigenvalue weighted by molar-refractivity contribution is 7.07. The summed E-state index contributed by atoms with van der Waals surface area (Å²) in [7, 11) is 0. The second-order valence-corrected chi connectivity index (χ2v) is 6.88. The SMILES string of the molecule is CC(C)n1ccc(NC(=O)N2C[C@H](C)O[C@@H](c3ccsc3)C2)n1. The highest BCUT2D eigenvalue weighted by Gasteiger charge is 2.29. The van der Waals surface area contributed by atoms with Gasteiger partial charge in [-0.05, 0) is 43.2 Å². The molecular formula is C16H22N4O2S. The van der Waals surface area contributed by atoms with Gasteiger partial charge in [-0.25, -0.2) is 4.79 Å². The number of aromatic nitrogens is 2. The molecule has 1 N–H and O–H groups in total. The molecule has 1 aliphatic rings. The fraction of sp³-hybridized carbons (Fsp3) is 0.500. The summed E-state index contributed by atoms with van der Waals surface area (Å²) >= 11 is 1.64. The molecule has 2 atom stereocenters. The fourth-order valence-corrected chi connectivity index (χ4v) is 3.34. The van der Waals surface area contributed by atoms with Gasteiger partial charge < -0.3 is 9.64 Å². The minimum absolute atomic E-state index is 0.00706. The third-order valence-electron chi connectivity index (χ3n) is 3.83. The Morgan fingerprint density at radius 3 is 2.91 bits per heavy atom. The third-order valence-corrected chi connectivity index (χ3v) is 4.54. The monoisotopic (exact) mass is 334 g/mol. The lowest BCUT2D eigenvalue weighted by molar-refractivity contribution is -0.0641. The van der Waals surface area contributed by atoms with Crippen LogP contribution in [0.5, 0.6) is 0 Å². The average Bonchev–Trinajstić information content (AvgIpc) is 3.18. The number of hydrogen-bond acceptors (Lipinski definition) is 4. The predicted octanol–water partition coefficient (Wildman–Crippen LogP) is 3.52. The van der Waals surface area contributed by atoms with Gasteiger partial charge in [-0.3, -0.25) is 10.00 Å². The van der Waals surface area contributed by atoms with Crippen molar-refractivity contribution >= 4 is 23.2 Å². The summed E-state index contributed by atoms with van der Waals surface area (Å²) in [5.41, 5.74) is 1.13. The number of nitrogens with one attached hydrogen (secondary N) is 1. The number of thiophene rings is 1. The third kappa shape index (κ3) is 3.73. The van der Waals surface area contributed by atoms with Gasteiger partial charge in [0.25, 0.3) is 0 Å². The largest absolute Gasteiger partial charge is 0.367 e. The standard InChI is InChI=1S/C16H22N4O2S/c1-11(2)20-6-4-15(18-20)17-16(21)19-8-12(3)22-14(9-19)13-5-7-23-10-13/h4-7,10-12,14H,8-9H2,1-3H3,(H,17,18,21)/t12-,14+/m0/s1. The molecule has 23 heavy (non-hydrogen) atoms. The van der Waals surface area contributed by atoms with Crippen LogP contribution < -0.4 is 5.32 Å². The summed E-state index contributed by atoms with van der Waals surface area (Å²) in [6, 6.07) is 4.01. The number of hydrogen-bond donors (Lipinski definition) is 1. The van der Waals surface area contributed by atoms with Gasteiger partial charge in [0.05, 0.1) is 12.6 Å². The number of urea groups is 1. The van der Waals surface area contributed by atoms with Gasteiger partial charge in [0, 0.05) is 24.8 Å². The van der Waals surface area contributed by atoms with E-state index in [0.29, 0.717) is 18.9 Å². The van der Waals surface area contributed by atoms with Crippen LogP contribution in [-0.4, -0.2) is 39.9 Å². The van der Waals surface area contributed by atoms with E-state index in [4.69, 9.17) is 4.74 Å². The van der Waals surface area contributed by atoms with E-state index in [0.717, 1.165) is 5.56 Å². The molecule has 0 aliphatic carbocycles. The lowest BCUT2D eigenvalue weighted by Gasteiger charge is -2.36. The summed E-state index contributed by atoms with van der Waals surface area (Å²) in [5, 5.41) is 11.3. The van der Waals surface area contributed by atoms with Gasteiger partial charge >= 0.3 is 6.03 Å². The quantitative estimate of drug-likeness (QED) is 0.934. The van der Waals surface area contributed by atoms with Crippen molar-refractivity contribution in [1.29, 1.82) is 0 Å². The van der Waals surface area contributed by atoms with Gasteiger partial charge in [0.15, 0.2) is 5.82 Å². The van der Waals surface area contributed by atoms with Crippen LogP contribution in [0.3, 0.4) is 0 Å². The molecule has 2 aromatic rings. The van der Waals surface area contributed by atoms with Gasteiger partial charge in [0.2, 0.25) is 0 Å². The molecule has 3 heterocycles. The molecule has 0 radical (unpaired) electrons. The number of carbonyl (C=O) groups is 1. The minimum atomic E-state index is -0.130. The van der Waals surface area contributed by atoms with Crippen molar-refractivity contribution in [2.75, 3.05) is 18.4 Å². The van der Waals surface area contributed by atoms with Crippen molar-refractivity contribution in [2.24, 2.45) is 0 Å². The molecule has 6 nitrogen and oxygen atoms in total. The molecule has 1 saturated heterocycles. The van der Waals surface area contributed by atoms with E-state index in [1.807, 2.05) is 49.2 Å². The Morgan fingerprint density at radius 1 is 1.43 bits per heavy atom. The molecule has 124 valence electrons. The van der Waals surface area contributed by atoms with Crippen molar-refractivity contribution in [2.45, 2.75) is 39.0 Å². The topological polar surface area (TPSA) is 59.4 Å². The zero-order chi connectivity index (χ0) is 16.4. The first-order valence-corrected chi connectivity index (χ1v) is 8.76. The van der Waals surface area contributed by atoms with E-state index in [1.54, 1.807) is 16.2 Å². The van der Waals surface area contributed by atoms with E-state index in [2.05, 4.69) is 15.8 Å². The smallest absolute Gasteiger partial charge is 0.323 e. The summed E-state index contributed by atoms with van der Waals surface area (Å²) < 4.78 is 7.79. The molecule has 0 bridgehead atoms. The predicted molar refractivity (Wildman–Crippen MR) is 90.8 cm³/mol. The zero-order valence-corrected chi connectivity index (χ0v) is 14.4. The van der Waals surface area contributed by atoms with Crippen molar-refractivity contribution in [3.63, 3.8) is 0 Å². The number of carbonyl (C=O) groups excluding carboxylic acids is 1. The molecule has 1 aliphatic heterocycles. The fourth-order valence-electron chi connectivity index (χ4n) is 2.64. The number of morpholine rings is 1. The lowest BCUT2D eigenvalue weighted by Crippen LogP contribution is -2.47. The molecule has 0 aromatic carbocycles. The maximum atomic E-state index is 12.5. The van der Waals surface area contributed by atoms with E-state index in [1.165, 1.54) is 0 Å². The maximum absolute atomic E-state index is 12.5. The van der Waals surface area contributed by atoms with Crippen LogP contribution in [0.25, 0.3) is 0 Å². The Labute approximate surface area is 140 Å². The molecule has 0 unspecified atom stereocenters. The summed E-state index contributed by atoms with van der Waals surface area (Å²) in [4.78, 5) is 14.3. The first kappa shape index (κ1) is 16.0.